The van der Waals surface area contributed by atoms with Crippen LogP contribution in [0.3, 0.4) is 0 Å². The summed E-state index contributed by atoms with van der Waals surface area (Å²) >= 11 is 0. The standard InChI is InChI=1S/C23H14N2O2.C2H6/c24-12-16-8-9-20(19-4-2-1-3-18(16)19)22-14-25-13-17-7-5-15(11-21(17)22)6-10-23(26)27;1-2/h1-11,13-14H,(H,26,27);1-2H3/b10-6+;. The lowest BCUT2D eigenvalue weighted by molar-refractivity contribution is -0.131. The van der Waals surface area contributed by atoms with Crippen molar-refractivity contribution in [3.8, 4) is 17.2 Å². The van der Waals surface area contributed by atoms with Gasteiger partial charge in [-0.15, -0.1) is 0 Å². The number of aromatic nitrogens is 1. The van der Waals surface area contributed by atoms with E-state index in [1.807, 2.05) is 68.4 Å². The van der Waals surface area contributed by atoms with Gasteiger partial charge in [-0.25, -0.2) is 4.79 Å². The molecule has 0 amide bonds. The van der Waals surface area contributed by atoms with E-state index >= 15 is 0 Å². The van der Waals surface area contributed by atoms with Crippen LogP contribution in [0.1, 0.15) is 25.0 Å². The van der Waals surface area contributed by atoms with Crippen molar-refractivity contribution < 1.29 is 9.90 Å². The largest absolute Gasteiger partial charge is 0.478 e. The number of nitrogens with zero attached hydrogens (tertiary/aromatic N) is 2. The molecule has 0 radical (unpaired) electrons. The molecule has 4 heteroatoms. The number of carboxylic acids is 1. The minimum atomic E-state index is -0.983. The number of hydrogen-bond acceptors (Lipinski definition) is 3. The van der Waals surface area contributed by atoms with Crippen molar-refractivity contribution in [2.45, 2.75) is 13.8 Å². The van der Waals surface area contributed by atoms with Crippen LogP contribution in [0.4, 0.5) is 0 Å². The topological polar surface area (TPSA) is 74.0 Å². The number of carboxylic acid groups (broad SMARTS) is 1. The van der Waals surface area contributed by atoms with E-state index < -0.39 is 5.97 Å². The summed E-state index contributed by atoms with van der Waals surface area (Å²) in [6.07, 6.45) is 6.29. The Kier molecular flexibility index (Phi) is 6.01. The second-order valence-electron chi connectivity index (χ2n) is 6.16. The van der Waals surface area contributed by atoms with Crippen LogP contribution in [0.15, 0.2) is 73.1 Å². The normalized spacial score (nSPS) is 10.5. The van der Waals surface area contributed by atoms with E-state index in [2.05, 4.69) is 11.1 Å². The van der Waals surface area contributed by atoms with Gasteiger partial charge in [0.25, 0.3) is 0 Å². The average molecular weight is 380 g/mol. The fraction of sp³-hybridized carbons (Fsp3) is 0.0800. The Bertz CT molecular complexity index is 1270. The van der Waals surface area contributed by atoms with Gasteiger partial charge in [0.2, 0.25) is 0 Å². The Balaban J connectivity index is 0.00000117. The van der Waals surface area contributed by atoms with Gasteiger partial charge < -0.3 is 5.11 Å². The van der Waals surface area contributed by atoms with Gasteiger partial charge in [0.1, 0.15) is 0 Å². The highest BCUT2D eigenvalue weighted by Gasteiger charge is 2.11. The van der Waals surface area contributed by atoms with Crippen molar-refractivity contribution in [3.63, 3.8) is 0 Å². The molecule has 142 valence electrons. The fourth-order valence-corrected chi connectivity index (χ4v) is 3.30. The van der Waals surface area contributed by atoms with Crippen LogP contribution < -0.4 is 0 Å². The van der Waals surface area contributed by atoms with Crippen LogP contribution in [0.2, 0.25) is 0 Å². The molecule has 3 aromatic carbocycles. The maximum absolute atomic E-state index is 10.8. The number of carbonyl (C=O) groups is 1. The Hall–Kier alpha value is -3.97. The van der Waals surface area contributed by atoms with Gasteiger partial charge >= 0.3 is 5.97 Å². The van der Waals surface area contributed by atoms with Gasteiger partial charge in [0, 0.05) is 34.8 Å². The zero-order valence-electron chi connectivity index (χ0n) is 16.3. The van der Waals surface area contributed by atoms with Gasteiger partial charge in [0.05, 0.1) is 11.6 Å². The smallest absolute Gasteiger partial charge is 0.328 e. The molecule has 0 bridgehead atoms. The number of fused-ring (bicyclic) bond motifs is 2. The molecule has 0 unspecified atom stereocenters. The van der Waals surface area contributed by atoms with Crippen LogP contribution >= 0.6 is 0 Å². The molecular formula is C25H20N2O2. The lowest BCUT2D eigenvalue weighted by atomic mass is 9.93. The Labute approximate surface area is 169 Å². The average Bonchev–Trinajstić information content (AvgIpc) is 2.78. The lowest BCUT2D eigenvalue weighted by Gasteiger charge is -2.11. The zero-order chi connectivity index (χ0) is 20.8. The summed E-state index contributed by atoms with van der Waals surface area (Å²) in [5.74, 6) is -0.983. The van der Waals surface area contributed by atoms with E-state index in [0.717, 1.165) is 44.3 Å². The van der Waals surface area contributed by atoms with E-state index in [9.17, 15) is 10.1 Å². The molecule has 1 heterocycles. The summed E-state index contributed by atoms with van der Waals surface area (Å²) in [7, 11) is 0. The van der Waals surface area contributed by atoms with Crippen LogP contribution in [0, 0.1) is 11.3 Å². The molecule has 0 fully saturated rings. The summed E-state index contributed by atoms with van der Waals surface area (Å²) in [6.45, 7) is 4.00. The maximum Gasteiger partial charge on any atom is 0.328 e. The molecular weight excluding hydrogens is 360 g/mol. The van der Waals surface area contributed by atoms with E-state index in [0.29, 0.717) is 5.56 Å². The molecule has 0 saturated heterocycles. The molecule has 1 aromatic heterocycles. The number of aliphatic carboxylic acids is 1. The minimum absolute atomic E-state index is 0.632. The van der Waals surface area contributed by atoms with Gasteiger partial charge in [-0.3, -0.25) is 4.98 Å². The molecule has 4 aromatic rings. The van der Waals surface area contributed by atoms with E-state index in [1.165, 1.54) is 0 Å². The second kappa shape index (κ2) is 8.81. The highest BCUT2D eigenvalue weighted by atomic mass is 16.4. The third-order valence-corrected chi connectivity index (χ3v) is 4.54. The van der Waals surface area contributed by atoms with E-state index in [4.69, 9.17) is 5.11 Å². The highest BCUT2D eigenvalue weighted by Crippen LogP contribution is 2.35. The first-order chi connectivity index (χ1) is 14.2. The summed E-state index contributed by atoms with van der Waals surface area (Å²) < 4.78 is 0. The molecule has 0 aliphatic carbocycles. The van der Waals surface area contributed by atoms with Crippen molar-refractivity contribution in [2.24, 2.45) is 0 Å². The van der Waals surface area contributed by atoms with Crippen molar-refractivity contribution in [1.82, 2.24) is 4.98 Å². The number of hydrogen-bond donors (Lipinski definition) is 1. The summed E-state index contributed by atoms with van der Waals surface area (Å²) in [5, 5.41) is 22.1. The van der Waals surface area contributed by atoms with Crippen LogP contribution in [0.5, 0.6) is 0 Å². The van der Waals surface area contributed by atoms with Gasteiger partial charge in [-0.1, -0.05) is 56.3 Å². The molecule has 0 spiro atoms. The monoisotopic (exact) mass is 380 g/mol. The Morgan fingerprint density at radius 2 is 1.72 bits per heavy atom. The first kappa shape index (κ1) is 19.8. The molecule has 0 aliphatic rings. The SMILES string of the molecule is CC.N#Cc1ccc(-c2cncc3ccc(/C=C/C(=O)O)cc23)c2ccccc12. The number of benzene rings is 3. The van der Waals surface area contributed by atoms with Crippen molar-refractivity contribution in [1.29, 1.82) is 5.26 Å². The lowest BCUT2D eigenvalue weighted by Crippen LogP contribution is -1.89. The van der Waals surface area contributed by atoms with Crippen LogP contribution in [0.25, 0.3) is 38.7 Å². The summed E-state index contributed by atoms with van der Waals surface area (Å²) in [5.41, 5.74) is 3.36. The minimum Gasteiger partial charge on any atom is -0.478 e. The highest BCUT2D eigenvalue weighted by molar-refractivity contribution is 6.06. The van der Waals surface area contributed by atoms with E-state index in [-0.39, 0.29) is 0 Å². The van der Waals surface area contributed by atoms with Crippen LogP contribution in [-0.2, 0) is 4.79 Å². The first-order valence-corrected chi connectivity index (χ1v) is 9.38. The molecule has 4 rings (SSSR count). The Morgan fingerprint density at radius 1 is 0.966 bits per heavy atom. The Morgan fingerprint density at radius 3 is 2.45 bits per heavy atom. The number of pyridine rings is 1. The predicted octanol–water partition coefficient (Wildman–Crippen LogP) is 6.05. The summed E-state index contributed by atoms with van der Waals surface area (Å²) in [6, 6.07) is 19.6. The molecule has 0 aliphatic heterocycles. The van der Waals surface area contributed by atoms with E-state index in [1.54, 1.807) is 18.5 Å². The molecule has 4 nitrogen and oxygen atoms in total. The third kappa shape index (κ3) is 3.99. The summed E-state index contributed by atoms with van der Waals surface area (Å²) in [4.78, 5) is 15.2. The maximum atomic E-state index is 10.8. The fourth-order valence-electron chi connectivity index (χ4n) is 3.30. The molecule has 1 N–H and O–H groups in total. The first-order valence-electron chi connectivity index (χ1n) is 9.38. The van der Waals surface area contributed by atoms with Gasteiger partial charge in [-0.2, -0.15) is 5.26 Å². The van der Waals surface area contributed by atoms with Gasteiger partial charge in [0.15, 0.2) is 0 Å². The van der Waals surface area contributed by atoms with Crippen molar-refractivity contribution >= 4 is 33.6 Å². The third-order valence-electron chi connectivity index (χ3n) is 4.54. The molecule has 0 saturated carbocycles. The van der Waals surface area contributed by atoms with Crippen molar-refractivity contribution in [3.05, 3.63) is 84.2 Å². The zero-order valence-corrected chi connectivity index (χ0v) is 16.3. The predicted molar refractivity (Wildman–Crippen MR) is 117 cm³/mol. The number of nitriles is 1. The molecule has 29 heavy (non-hydrogen) atoms. The van der Waals surface area contributed by atoms with Crippen molar-refractivity contribution in [2.75, 3.05) is 0 Å². The quantitative estimate of drug-likeness (QED) is 0.439. The van der Waals surface area contributed by atoms with Crippen LogP contribution in [-0.4, -0.2) is 16.1 Å². The van der Waals surface area contributed by atoms with Gasteiger partial charge in [-0.05, 0) is 40.1 Å². The molecule has 0 atom stereocenters. The number of rotatable bonds is 3. The second-order valence-corrected chi connectivity index (χ2v) is 6.16.